The number of rotatable bonds is 11. The molecule has 4 aliphatic carbocycles. The Morgan fingerprint density at radius 1 is 0.397 bits per heavy atom. The first-order chi connectivity index (χ1) is 55.5. The van der Waals surface area contributed by atoms with Crippen LogP contribution in [0.3, 0.4) is 0 Å². The number of Topliss-reactive ketones (excluding diaryl/α,β-unsaturated/α-hetero) is 2. The number of nitrogen functional groups attached to an aromatic ring is 1. The number of primary sulfonamides is 1. The molecule has 16 rings (SSSR count). The number of nitrogens with two attached hydrogens (primary N) is 2. The largest absolute Gasteiger partial charge is 0.396 e. The standard InChI is InChI=1S/2C24H24ClN3O.C22H20ClN5.C22H23ClN4O2S/c2*1-14-9-23-19(10-22(14)26-4)21(20-12-27-11-15(2)24(20)25)13-28(23)18-7-5-17(6-8-18)16(3)29;1-13-7-21-16(8-20(13)26-2)18(17-10-27-11-19(25)22(17)23)12-28(21)15-5-3-14(9-24)4-6-15;1-13-8-21-17(9-20(13)25-3)19(18-11-26-10-14(2)22(18)23)12-27(21)15-4-6-16(7-5-15)30(24,28)29/h2*9-13,17-18H,5-8H2,1-3H3;7-8,10-12,14-15H,3-6,25H2,1H3;8-12,15-16H,4-7H2,1-2H3,(H2,24,28,29). The number of hydrogen-bond acceptors (Lipinski definition) is 10. The summed E-state index contributed by atoms with van der Waals surface area (Å²) in [5, 5.41) is 20.6. The smallest absolute Gasteiger partial charge is 0.211 e. The number of aryl methyl sites for hydroxylation is 7. The molecule has 4 saturated carbocycles. The van der Waals surface area contributed by atoms with Gasteiger partial charge in [-0.05, 0) is 274 Å². The highest BCUT2D eigenvalue weighted by atomic mass is 35.5. The zero-order chi connectivity index (χ0) is 82.9. The van der Waals surface area contributed by atoms with Crippen molar-refractivity contribution in [3.8, 4) is 50.6 Å². The highest BCUT2D eigenvalue weighted by Gasteiger charge is 2.34. The molecule has 0 saturated heterocycles. The number of carbonyl (C=O) groups excluding carboxylic acids is 2. The third kappa shape index (κ3) is 16.8. The van der Waals surface area contributed by atoms with Gasteiger partial charge in [0.25, 0.3) is 0 Å². The molecular weight excluding hydrogens is 1550 g/mol. The highest BCUT2D eigenvalue weighted by molar-refractivity contribution is 7.89. The van der Waals surface area contributed by atoms with Crippen molar-refractivity contribution >= 4 is 140 Å². The summed E-state index contributed by atoms with van der Waals surface area (Å²) in [5.41, 5.74) is 27.2. The van der Waals surface area contributed by atoms with E-state index in [0.717, 1.165) is 217 Å². The zero-order valence-corrected chi connectivity index (χ0v) is 70.3. The van der Waals surface area contributed by atoms with Gasteiger partial charge in [-0.15, -0.1) is 0 Å². The van der Waals surface area contributed by atoms with E-state index in [2.05, 4.69) is 107 Å². The summed E-state index contributed by atoms with van der Waals surface area (Å²) in [5.74, 6) is 1.14. The lowest BCUT2D eigenvalue weighted by atomic mass is 9.84. The quantitative estimate of drug-likeness (QED) is 0.116. The van der Waals surface area contributed by atoms with Crippen molar-refractivity contribution in [1.82, 2.24) is 38.2 Å². The van der Waals surface area contributed by atoms with Gasteiger partial charge in [-0.3, -0.25) is 29.5 Å². The Morgan fingerprint density at radius 2 is 0.655 bits per heavy atom. The molecule has 0 aliphatic heterocycles. The minimum Gasteiger partial charge on any atom is -0.396 e. The molecule has 24 heteroatoms. The van der Waals surface area contributed by atoms with E-state index in [1.54, 1.807) is 63.4 Å². The number of benzene rings is 4. The maximum absolute atomic E-state index is 11.8. The Labute approximate surface area is 697 Å². The van der Waals surface area contributed by atoms with Crippen LogP contribution in [0.4, 0.5) is 28.4 Å². The predicted molar refractivity (Wildman–Crippen MR) is 468 cm³/mol. The van der Waals surface area contributed by atoms with Gasteiger partial charge in [-0.25, -0.2) is 32.9 Å². The fraction of sp³-hybridized carbons (Fsp3) is 0.359. The van der Waals surface area contributed by atoms with Gasteiger partial charge >= 0.3 is 0 Å². The summed E-state index contributed by atoms with van der Waals surface area (Å²) >= 11 is 26.4. The van der Waals surface area contributed by atoms with Gasteiger partial charge < -0.3 is 24.0 Å². The van der Waals surface area contributed by atoms with E-state index in [9.17, 15) is 23.3 Å². The molecule has 12 aromatic rings. The lowest BCUT2D eigenvalue weighted by Gasteiger charge is -2.29. The molecule has 0 radical (unpaired) electrons. The number of sulfonamides is 1. The number of hydrogen-bond donors (Lipinski definition) is 2. The van der Waals surface area contributed by atoms with E-state index in [-0.39, 0.29) is 23.8 Å². The van der Waals surface area contributed by atoms with Gasteiger partial charge in [0.2, 0.25) is 10.0 Å². The van der Waals surface area contributed by atoms with Crippen molar-refractivity contribution in [3.63, 3.8) is 0 Å². The van der Waals surface area contributed by atoms with Crippen molar-refractivity contribution in [2.75, 3.05) is 5.73 Å². The van der Waals surface area contributed by atoms with Crippen molar-refractivity contribution < 1.29 is 18.0 Å². The molecular formula is C92H91Cl4N15O4S. The van der Waals surface area contributed by atoms with E-state index >= 15 is 0 Å². The van der Waals surface area contributed by atoms with Crippen LogP contribution in [0, 0.1) is 104 Å². The number of pyridine rings is 4. The summed E-state index contributed by atoms with van der Waals surface area (Å²) in [6.07, 6.45) is 36.4. The molecule has 8 aromatic heterocycles. The molecule has 4 N–H and O–H groups in total. The van der Waals surface area contributed by atoms with E-state index < -0.39 is 15.3 Å². The van der Waals surface area contributed by atoms with Crippen LogP contribution < -0.4 is 10.9 Å². The molecule has 0 spiro atoms. The van der Waals surface area contributed by atoms with Crippen LogP contribution >= 0.6 is 46.4 Å². The summed E-state index contributed by atoms with van der Waals surface area (Å²) in [7, 11) is -3.51. The van der Waals surface area contributed by atoms with Gasteiger partial charge in [0.15, 0.2) is 22.7 Å². The minimum atomic E-state index is -3.51. The number of halogens is 4. The predicted octanol–water partition coefficient (Wildman–Crippen LogP) is 25.0. The first-order valence-electron chi connectivity index (χ1n) is 39.3. The van der Waals surface area contributed by atoms with Crippen molar-refractivity contribution in [2.45, 2.75) is 194 Å². The van der Waals surface area contributed by atoms with Crippen LogP contribution in [0.2, 0.25) is 20.1 Å². The van der Waals surface area contributed by atoms with E-state index in [0.29, 0.717) is 91.1 Å². The fourth-order valence-electron chi connectivity index (χ4n) is 17.6. The van der Waals surface area contributed by atoms with Crippen LogP contribution in [0.15, 0.2) is 123 Å². The Kier molecular flexibility index (Phi) is 25.1. The van der Waals surface area contributed by atoms with E-state index in [4.69, 9.17) is 83.6 Å². The molecule has 4 fully saturated rings. The first-order valence-corrected chi connectivity index (χ1v) is 42.4. The molecule has 0 unspecified atom stereocenters. The SMILES string of the molecule is [C-]#[N+]c1cc2c(-c3cncc(C)c3Cl)cn(C3CCC(C(C)=O)CC3)c2cc1C.[C-]#[N+]c1cc2c(-c3cncc(C)c3Cl)cn(C3CCC(C(C)=O)CC3)c2cc1C.[C-]#[N+]c1cc2c(-c3cncc(C)c3Cl)cn(C3CCC(S(N)(=O)=O)CC3)c2cc1C.[C-]#[N+]c1cc2c(-c3cncc(N)c3Cl)cn(C3CCC(C#N)CC3)c2cc1C. The zero-order valence-electron chi connectivity index (χ0n) is 66.5. The second-order valence-corrected chi connectivity index (χ2v) is 35.2. The number of aromatic nitrogens is 8. The lowest BCUT2D eigenvalue weighted by Crippen LogP contribution is -2.32. The summed E-state index contributed by atoms with van der Waals surface area (Å²) in [4.78, 5) is 55.5. The Hall–Kier alpha value is -10.7. The number of nitriles is 1. The normalized spacial score (nSPS) is 19.4. The molecule has 116 heavy (non-hydrogen) atoms. The van der Waals surface area contributed by atoms with Gasteiger partial charge in [-0.2, -0.15) is 5.26 Å². The highest BCUT2D eigenvalue weighted by Crippen LogP contribution is 2.49. The van der Waals surface area contributed by atoms with Crippen molar-refractivity contribution in [3.05, 3.63) is 228 Å². The second-order valence-electron chi connectivity index (χ2n) is 31.8. The summed E-state index contributed by atoms with van der Waals surface area (Å²) in [6.45, 7) is 47.1. The van der Waals surface area contributed by atoms with Gasteiger partial charge in [-0.1, -0.05) is 46.4 Å². The summed E-state index contributed by atoms with van der Waals surface area (Å²) < 4.78 is 32.6. The van der Waals surface area contributed by atoms with E-state index in [1.165, 1.54) is 0 Å². The molecule has 0 atom stereocenters. The van der Waals surface area contributed by atoms with Crippen LogP contribution in [-0.4, -0.2) is 63.4 Å². The molecule has 0 amide bonds. The number of ketones is 2. The molecule has 592 valence electrons. The average Bonchev–Trinajstić information content (AvgIpc) is 1.62. The Bertz CT molecular complexity index is 6040. The van der Waals surface area contributed by atoms with Gasteiger partial charge in [0.1, 0.15) is 11.6 Å². The third-order valence-corrected chi connectivity index (χ3v) is 27.7. The average molecular weight is 1640 g/mol. The topological polar surface area (TPSA) is 233 Å². The molecule has 4 aromatic carbocycles. The molecule has 4 aliphatic rings. The maximum atomic E-state index is 11.8. The molecule has 0 bridgehead atoms. The maximum Gasteiger partial charge on any atom is 0.211 e. The van der Waals surface area contributed by atoms with Crippen LogP contribution in [0.25, 0.3) is 107 Å². The van der Waals surface area contributed by atoms with E-state index in [1.807, 2.05) is 78.8 Å². The number of carbonyl (C=O) groups is 2. The Balaban J connectivity index is 0.000000135. The second kappa shape index (κ2) is 35.0. The first kappa shape index (κ1) is 83.3. The Morgan fingerprint density at radius 3 is 0.914 bits per heavy atom. The third-order valence-electron chi connectivity index (χ3n) is 24.4. The van der Waals surface area contributed by atoms with Crippen LogP contribution in [-0.2, 0) is 19.6 Å². The minimum absolute atomic E-state index is 0.153. The van der Waals surface area contributed by atoms with Crippen molar-refractivity contribution in [2.24, 2.45) is 22.9 Å². The number of anilines is 1. The van der Waals surface area contributed by atoms with Gasteiger partial charge in [0.05, 0.1) is 69.6 Å². The molecule has 19 nitrogen and oxygen atoms in total. The van der Waals surface area contributed by atoms with Crippen LogP contribution in [0.1, 0.15) is 180 Å². The number of fused-ring (bicyclic) bond motifs is 4. The lowest BCUT2D eigenvalue weighted by molar-refractivity contribution is -0.122. The fourth-order valence-corrected chi connectivity index (χ4v) is 19.3. The molecule has 8 heterocycles. The summed E-state index contributed by atoms with van der Waals surface area (Å²) in [6, 6.07) is 19.7. The number of nitrogens with zero attached hydrogens (tertiary/aromatic N) is 13. The van der Waals surface area contributed by atoms with Gasteiger partial charge in [0, 0.05) is 177 Å². The monoisotopic (exact) mass is 1640 g/mol. The van der Waals surface area contributed by atoms with Crippen molar-refractivity contribution in [1.29, 1.82) is 5.26 Å². The van der Waals surface area contributed by atoms with Crippen LogP contribution in [0.5, 0.6) is 0 Å².